The van der Waals surface area contributed by atoms with Gasteiger partial charge in [-0.2, -0.15) is 0 Å². The summed E-state index contributed by atoms with van der Waals surface area (Å²) in [5, 5.41) is 3.47. The molecule has 0 saturated heterocycles. The van der Waals surface area contributed by atoms with Crippen molar-refractivity contribution in [1.82, 2.24) is 10.3 Å². The van der Waals surface area contributed by atoms with Crippen molar-refractivity contribution in [2.75, 3.05) is 24.5 Å². The second-order valence-electron chi connectivity index (χ2n) is 4.86. The van der Waals surface area contributed by atoms with Crippen LogP contribution in [0.25, 0.3) is 0 Å². The largest absolute Gasteiger partial charge is 0.368 e. The van der Waals surface area contributed by atoms with Crippen LogP contribution in [0.2, 0.25) is 0 Å². The Morgan fingerprint density at radius 1 is 1.50 bits per heavy atom. The van der Waals surface area contributed by atoms with E-state index in [1.807, 2.05) is 18.5 Å². The number of rotatable bonds is 8. The molecule has 0 bridgehead atoms. The molecule has 3 nitrogen and oxygen atoms in total. The van der Waals surface area contributed by atoms with Crippen LogP contribution in [-0.2, 0) is 6.54 Å². The van der Waals surface area contributed by atoms with E-state index in [2.05, 4.69) is 48.6 Å². The van der Waals surface area contributed by atoms with Crippen LogP contribution < -0.4 is 10.2 Å². The zero-order valence-electron chi connectivity index (χ0n) is 11.8. The topological polar surface area (TPSA) is 28.2 Å². The van der Waals surface area contributed by atoms with Gasteiger partial charge < -0.3 is 10.2 Å². The molecule has 0 saturated carbocycles. The zero-order chi connectivity index (χ0) is 13.4. The number of nitrogens with zero attached hydrogens (tertiary/aromatic N) is 2. The van der Waals surface area contributed by atoms with E-state index in [4.69, 9.17) is 0 Å². The highest BCUT2D eigenvalue weighted by Crippen LogP contribution is 2.19. The van der Waals surface area contributed by atoms with Crippen molar-refractivity contribution < 1.29 is 0 Å². The Morgan fingerprint density at radius 2 is 2.28 bits per heavy atom. The third kappa shape index (κ3) is 4.49. The SMILES string of the molecule is C=CCN(CC)c1ccncc1CNCC(C)C. The summed E-state index contributed by atoms with van der Waals surface area (Å²) in [4.78, 5) is 6.53. The van der Waals surface area contributed by atoms with Crippen LogP contribution in [0.15, 0.2) is 31.1 Å². The lowest BCUT2D eigenvalue weighted by molar-refractivity contribution is 0.551. The van der Waals surface area contributed by atoms with E-state index in [1.54, 1.807) is 0 Å². The highest BCUT2D eigenvalue weighted by Gasteiger charge is 2.08. The van der Waals surface area contributed by atoms with Crippen molar-refractivity contribution in [1.29, 1.82) is 0 Å². The van der Waals surface area contributed by atoms with Crippen LogP contribution in [0.5, 0.6) is 0 Å². The number of anilines is 1. The van der Waals surface area contributed by atoms with Crippen LogP contribution >= 0.6 is 0 Å². The number of hydrogen-bond acceptors (Lipinski definition) is 3. The molecule has 0 aliphatic heterocycles. The first-order chi connectivity index (χ1) is 8.69. The maximum atomic E-state index is 4.23. The molecule has 0 fully saturated rings. The summed E-state index contributed by atoms with van der Waals surface area (Å²) in [6.45, 7) is 14.2. The van der Waals surface area contributed by atoms with E-state index in [-0.39, 0.29) is 0 Å². The molecule has 0 unspecified atom stereocenters. The minimum absolute atomic E-state index is 0.667. The Bertz CT molecular complexity index is 361. The maximum absolute atomic E-state index is 4.23. The van der Waals surface area contributed by atoms with Gasteiger partial charge in [0.2, 0.25) is 0 Å². The van der Waals surface area contributed by atoms with E-state index in [0.29, 0.717) is 5.92 Å². The average molecular weight is 247 g/mol. The van der Waals surface area contributed by atoms with Gasteiger partial charge in [-0.05, 0) is 25.5 Å². The number of likely N-dealkylation sites (N-methyl/N-ethyl adjacent to an activating group) is 1. The quantitative estimate of drug-likeness (QED) is 0.716. The Labute approximate surface area is 111 Å². The van der Waals surface area contributed by atoms with Crippen molar-refractivity contribution in [3.8, 4) is 0 Å². The predicted octanol–water partition coefficient (Wildman–Crippen LogP) is 2.84. The predicted molar refractivity (Wildman–Crippen MR) is 78.9 cm³/mol. The lowest BCUT2D eigenvalue weighted by Gasteiger charge is -2.24. The molecule has 0 radical (unpaired) electrons. The molecule has 3 heteroatoms. The lowest BCUT2D eigenvalue weighted by Crippen LogP contribution is -2.26. The molecule has 1 N–H and O–H groups in total. The molecule has 100 valence electrons. The highest BCUT2D eigenvalue weighted by atomic mass is 15.1. The third-order valence-electron chi connectivity index (χ3n) is 2.82. The molecule has 1 rings (SSSR count). The summed E-state index contributed by atoms with van der Waals surface area (Å²) in [6.07, 6.45) is 5.75. The van der Waals surface area contributed by atoms with Crippen LogP contribution in [0.1, 0.15) is 26.3 Å². The minimum atomic E-state index is 0.667. The van der Waals surface area contributed by atoms with Gasteiger partial charge >= 0.3 is 0 Å². The smallest absolute Gasteiger partial charge is 0.0445 e. The minimum Gasteiger partial charge on any atom is -0.368 e. The maximum Gasteiger partial charge on any atom is 0.0445 e. The second-order valence-corrected chi connectivity index (χ2v) is 4.86. The molecular weight excluding hydrogens is 222 g/mol. The van der Waals surface area contributed by atoms with Gasteiger partial charge in [0.05, 0.1) is 0 Å². The van der Waals surface area contributed by atoms with Crippen molar-refractivity contribution >= 4 is 5.69 Å². The first-order valence-corrected chi connectivity index (χ1v) is 6.68. The Kier molecular flexibility index (Phi) is 6.44. The summed E-state index contributed by atoms with van der Waals surface area (Å²) in [5.74, 6) is 0.667. The Balaban J connectivity index is 2.74. The van der Waals surface area contributed by atoms with Gasteiger partial charge in [0.25, 0.3) is 0 Å². The summed E-state index contributed by atoms with van der Waals surface area (Å²) in [6, 6.07) is 2.08. The summed E-state index contributed by atoms with van der Waals surface area (Å²) >= 11 is 0. The molecule has 0 atom stereocenters. The van der Waals surface area contributed by atoms with E-state index in [1.165, 1.54) is 11.3 Å². The standard InChI is InChI=1S/C15H25N3/c1-5-9-18(6-2)15-7-8-16-11-14(15)12-17-10-13(3)4/h5,7-8,11,13,17H,1,6,9-10,12H2,2-4H3. The molecule has 1 heterocycles. The van der Waals surface area contributed by atoms with Crippen molar-refractivity contribution in [3.63, 3.8) is 0 Å². The molecule has 18 heavy (non-hydrogen) atoms. The molecule has 1 aromatic rings. The Morgan fingerprint density at radius 3 is 2.89 bits per heavy atom. The van der Waals surface area contributed by atoms with Crippen LogP contribution in [-0.4, -0.2) is 24.6 Å². The lowest BCUT2D eigenvalue weighted by atomic mass is 10.2. The van der Waals surface area contributed by atoms with E-state index >= 15 is 0 Å². The molecular formula is C15H25N3. The van der Waals surface area contributed by atoms with E-state index < -0.39 is 0 Å². The van der Waals surface area contributed by atoms with Gasteiger partial charge in [0.1, 0.15) is 0 Å². The molecule has 1 aromatic heterocycles. The zero-order valence-corrected chi connectivity index (χ0v) is 11.8. The highest BCUT2D eigenvalue weighted by molar-refractivity contribution is 5.52. The van der Waals surface area contributed by atoms with Gasteiger partial charge in [0.15, 0.2) is 0 Å². The average Bonchev–Trinajstić information content (AvgIpc) is 2.36. The summed E-state index contributed by atoms with van der Waals surface area (Å²) in [7, 11) is 0. The van der Waals surface area contributed by atoms with Crippen LogP contribution in [0.4, 0.5) is 5.69 Å². The second kappa shape index (κ2) is 7.88. The van der Waals surface area contributed by atoms with Gasteiger partial charge in [-0.3, -0.25) is 4.98 Å². The van der Waals surface area contributed by atoms with Crippen molar-refractivity contribution in [2.24, 2.45) is 5.92 Å². The molecule has 0 spiro atoms. The third-order valence-corrected chi connectivity index (χ3v) is 2.82. The van der Waals surface area contributed by atoms with Gasteiger partial charge in [-0.15, -0.1) is 6.58 Å². The van der Waals surface area contributed by atoms with Crippen LogP contribution in [0, 0.1) is 5.92 Å². The fraction of sp³-hybridized carbons (Fsp3) is 0.533. The number of aromatic nitrogens is 1. The molecule has 0 aliphatic carbocycles. The summed E-state index contributed by atoms with van der Waals surface area (Å²) < 4.78 is 0. The first-order valence-electron chi connectivity index (χ1n) is 6.68. The molecule has 0 amide bonds. The monoisotopic (exact) mass is 247 g/mol. The van der Waals surface area contributed by atoms with E-state index in [0.717, 1.165) is 26.2 Å². The van der Waals surface area contributed by atoms with Crippen molar-refractivity contribution in [3.05, 3.63) is 36.7 Å². The first kappa shape index (κ1) is 14.7. The molecule has 0 aromatic carbocycles. The fourth-order valence-electron chi connectivity index (χ4n) is 1.91. The number of nitrogens with one attached hydrogen (secondary N) is 1. The Hall–Kier alpha value is -1.35. The fourth-order valence-corrected chi connectivity index (χ4v) is 1.91. The van der Waals surface area contributed by atoms with Gasteiger partial charge in [-0.25, -0.2) is 0 Å². The normalized spacial score (nSPS) is 10.7. The van der Waals surface area contributed by atoms with Crippen molar-refractivity contribution in [2.45, 2.75) is 27.3 Å². The van der Waals surface area contributed by atoms with E-state index in [9.17, 15) is 0 Å². The van der Waals surface area contributed by atoms with Gasteiger partial charge in [0, 0.05) is 43.3 Å². The number of hydrogen-bond donors (Lipinski definition) is 1. The molecule has 0 aliphatic rings. The van der Waals surface area contributed by atoms with Crippen LogP contribution in [0.3, 0.4) is 0 Å². The summed E-state index contributed by atoms with van der Waals surface area (Å²) in [5.41, 5.74) is 2.51. The van der Waals surface area contributed by atoms with Gasteiger partial charge in [-0.1, -0.05) is 19.9 Å². The number of pyridine rings is 1.